The second kappa shape index (κ2) is 9.44. The van der Waals surface area contributed by atoms with Gasteiger partial charge in [-0.15, -0.1) is 17.7 Å². The van der Waals surface area contributed by atoms with Crippen molar-refractivity contribution in [3.8, 4) is 22.9 Å². The molecule has 0 aliphatic carbocycles. The van der Waals surface area contributed by atoms with Crippen LogP contribution in [0.3, 0.4) is 0 Å². The summed E-state index contributed by atoms with van der Waals surface area (Å²) in [4.78, 5) is 0. The van der Waals surface area contributed by atoms with Crippen molar-refractivity contribution in [2.45, 2.75) is 84.7 Å². The maximum absolute atomic E-state index is 4.01. The fraction of sp³-hybridized carbons (Fsp3) is 0.700. The third-order valence-corrected chi connectivity index (χ3v) is 15.1. The Hall–Kier alpha value is -0.706. The summed E-state index contributed by atoms with van der Waals surface area (Å²) >= 11 is 0. The van der Waals surface area contributed by atoms with Gasteiger partial charge in [-0.3, -0.25) is 0 Å². The lowest BCUT2D eigenvalue weighted by atomic mass is 9.94. The summed E-state index contributed by atoms with van der Waals surface area (Å²) < 4.78 is 0. The van der Waals surface area contributed by atoms with E-state index in [0.29, 0.717) is 0 Å². The first-order chi connectivity index (χ1) is 10.3. The van der Waals surface area contributed by atoms with Crippen molar-refractivity contribution in [2.24, 2.45) is 5.41 Å². The Morgan fingerprint density at radius 3 is 1.18 bits per heavy atom. The van der Waals surface area contributed by atoms with Gasteiger partial charge in [-0.05, 0) is 43.2 Å². The van der Waals surface area contributed by atoms with Gasteiger partial charge in [0.25, 0.3) is 0 Å². The first-order valence-corrected chi connectivity index (χ1v) is 14.3. The van der Waals surface area contributed by atoms with Crippen LogP contribution in [0.5, 0.6) is 0 Å². The van der Waals surface area contributed by atoms with Gasteiger partial charge in [0.2, 0.25) is 0 Å². The van der Waals surface area contributed by atoms with Gasteiger partial charge < -0.3 is 0 Å². The van der Waals surface area contributed by atoms with Crippen molar-refractivity contribution in [3.63, 3.8) is 0 Å². The van der Waals surface area contributed by atoms with Crippen LogP contribution in [0.25, 0.3) is 0 Å². The molecule has 0 fully saturated rings. The molecular weight excluding hydrogens is 296 g/mol. The number of allylic oxidation sites excluding steroid dienone is 1. The van der Waals surface area contributed by atoms with Crippen molar-refractivity contribution in [1.29, 1.82) is 0 Å². The molecule has 0 radical (unpaired) electrons. The van der Waals surface area contributed by atoms with E-state index < -0.39 is 16.1 Å². The van der Waals surface area contributed by atoms with Crippen LogP contribution in [-0.4, -0.2) is 16.1 Å². The smallest absolute Gasteiger partial charge is 0.129 e. The molecule has 0 spiro atoms. The molecule has 0 bridgehead atoms. The van der Waals surface area contributed by atoms with Crippen molar-refractivity contribution in [1.82, 2.24) is 0 Å². The highest BCUT2D eigenvalue weighted by Gasteiger charge is 2.27. The molecule has 0 saturated carbocycles. The molecule has 0 aromatic carbocycles. The SMILES string of the molecule is C=CC(C)(C#C[Si](CC)(CC)CC)C#C[Si](CC)(CC)CC. The topological polar surface area (TPSA) is 0 Å². The Morgan fingerprint density at radius 2 is 1.00 bits per heavy atom. The van der Waals surface area contributed by atoms with Crippen LogP contribution in [0.15, 0.2) is 12.7 Å². The van der Waals surface area contributed by atoms with Gasteiger partial charge in [-0.25, -0.2) is 0 Å². The minimum Gasteiger partial charge on any atom is -0.129 e. The number of rotatable bonds is 7. The lowest BCUT2D eigenvalue weighted by Crippen LogP contribution is -2.31. The van der Waals surface area contributed by atoms with E-state index in [9.17, 15) is 0 Å². The Labute approximate surface area is 142 Å². The van der Waals surface area contributed by atoms with Crippen LogP contribution in [-0.2, 0) is 0 Å². The monoisotopic (exact) mass is 332 g/mol. The van der Waals surface area contributed by atoms with Crippen LogP contribution in [0.2, 0.25) is 36.3 Å². The number of hydrogen-bond donors (Lipinski definition) is 0. The van der Waals surface area contributed by atoms with E-state index >= 15 is 0 Å². The molecule has 0 aliphatic heterocycles. The first-order valence-electron chi connectivity index (χ1n) is 9.06. The summed E-state index contributed by atoms with van der Waals surface area (Å²) in [5.74, 6) is 7.05. The van der Waals surface area contributed by atoms with Crippen LogP contribution in [0.4, 0.5) is 0 Å². The minimum absolute atomic E-state index is 0.338. The highest BCUT2D eigenvalue weighted by Crippen LogP contribution is 2.23. The van der Waals surface area contributed by atoms with Crippen molar-refractivity contribution < 1.29 is 0 Å². The van der Waals surface area contributed by atoms with E-state index in [0.717, 1.165) is 0 Å². The van der Waals surface area contributed by atoms with Crippen molar-refractivity contribution in [2.75, 3.05) is 0 Å². The Kier molecular flexibility index (Phi) is 9.13. The lowest BCUT2D eigenvalue weighted by molar-refractivity contribution is 0.787. The van der Waals surface area contributed by atoms with Crippen LogP contribution >= 0.6 is 0 Å². The standard InChI is InChI=1S/C20H36Si2/c1-9-20(8,16-18-21(10-2,11-3)12-4)17-19-22(13-5,14-6)15-7/h9H,1,10-15H2,2-8H3. The predicted octanol–water partition coefficient (Wildman–Crippen LogP) is 6.28. The Bertz CT molecular complexity index is 405. The Balaban J connectivity index is 5.64. The van der Waals surface area contributed by atoms with E-state index in [1.807, 2.05) is 6.08 Å². The largest absolute Gasteiger partial charge is 0.137 e. The highest BCUT2D eigenvalue weighted by atomic mass is 28.3. The summed E-state index contributed by atoms with van der Waals surface area (Å²) in [6, 6.07) is 7.45. The van der Waals surface area contributed by atoms with E-state index in [2.05, 4.69) is 78.0 Å². The van der Waals surface area contributed by atoms with Crippen LogP contribution < -0.4 is 0 Å². The van der Waals surface area contributed by atoms with Gasteiger partial charge in [0.1, 0.15) is 21.6 Å². The van der Waals surface area contributed by atoms with Gasteiger partial charge in [0.05, 0.1) is 0 Å². The molecule has 22 heavy (non-hydrogen) atoms. The summed E-state index contributed by atoms with van der Waals surface area (Å²) in [6.07, 6.45) is 1.95. The molecule has 0 rings (SSSR count). The quantitative estimate of drug-likeness (QED) is 0.292. The van der Waals surface area contributed by atoms with Gasteiger partial charge in [0, 0.05) is 0 Å². The summed E-state index contributed by atoms with van der Waals surface area (Å²) in [5, 5.41) is 0. The fourth-order valence-corrected chi connectivity index (χ4v) is 7.80. The van der Waals surface area contributed by atoms with Gasteiger partial charge >= 0.3 is 0 Å². The molecule has 0 N–H and O–H groups in total. The zero-order valence-corrected chi connectivity index (χ0v) is 18.0. The molecule has 0 nitrogen and oxygen atoms in total. The third kappa shape index (κ3) is 5.49. The normalized spacial score (nSPS) is 12.0. The van der Waals surface area contributed by atoms with Crippen LogP contribution in [0.1, 0.15) is 48.5 Å². The molecule has 0 aliphatic rings. The molecule has 0 amide bonds. The molecular formula is C20H36Si2. The average molecular weight is 333 g/mol. The predicted molar refractivity (Wildman–Crippen MR) is 108 cm³/mol. The maximum Gasteiger partial charge on any atom is 0.137 e. The molecule has 0 saturated heterocycles. The minimum atomic E-state index is -1.41. The van der Waals surface area contributed by atoms with Gasteiger partial charge in [0.15, 0.2) is 0 Å². The maximum atomic E-state index is 4.01. The molecule has 2 heteroatoms. The summed E-state index contributed by atoms with van der Waals surface area (Å²) in [6.45, 7) is 20.0. The van der Waals surface area contributed by atoms with Crippen LogP contribution in [0, 0.1) is 28.3 Å². The van der Waals surface area contributed by atoms with Gasteiger partial charge in [-0.1, -0.05) is 59.5 Å². The molecule has 0 aromatic heterocycles. The Morgan fingerprint density at radius 1 is 0.727 bits per heavy atom. The molecule has 0 unspecified atom stereocenters. The molecule has 0 atom stereocenters. The fourth-order valence-electron chi connectivity index (χ4n) is 2.69. The van der Waals surface area contributed by atoms with E-state index in [-0.39, 0.29) is 5.41 Å². The second-order valence-corrected chi connectivity index (χ2v) is 16.5. The zero-order valence-electron chi connectivity index (χ0n) is 16.0. The molecule has 124 valence electrons. The molecule has 0 heterocycles. The molecule has 0 aromatic rings. The average Bonchev–Trinajstić information content (AvgIpc) is 2.58. The third-order valence-electron chi connectivity index (χ3n) is 5.64. The summed E-state index contributed by atoms with van der Waals surface area (Å²) in [5.41, 5.74) is 7.05. The lowest BCUT2D eigenvalue weighted by Gasteiger charge is -2.23. The van der Waals surface area contributed by atoms with Gasteiger partial charge in [-0.2, -0.15) is 0 Å². The van der Waals surface area contributed by atoms with E-state index in [1.165, 1.54) is 36.3 Å². The van der Waals surface area contributed by atoms with Crippen molar-refractivity contribution in [3.05, 3.63) is 12.7 Å². The van der Waals surface area contributed by atoms with Crippen molar-refractivity contribution >= 4 is 16.1 Å². The zero-order chi connectivity index (χ0) is 17.3. The van der Waals surface area contributed by atoms with E-state index in [1.54, 1.807) is 0 Å². The highest BCUT2D eigenvalue weighted by molar-refractivity contribution is 6.87. The number of hydrogen-bond acceptors (Lipinski definition) is 0. The second-order valence-electron chi connectivity index (χ2n) is 6.59. The first kappa shape index (κ1) is 21.3. The van der Waals surface area contributed by atoms with E-state index in [4.69, 9.17) is 0 Å². The summed E-state index contributed by atoms with van der Waals surface area (Å²) in [7, 11) is -2.82.